The van der Waals surface area contributed by atoms with Crippen molar-refractivity contribution in [3.8, 4) is 45.1 Å². The van der Waals surface area contributed by atoms with Gasteiger partial charge in [-0.15, -0.1) is 0 Å². The Labute approximate surface area is 310 Å². The number of benzene rings is 8. The second kappa shape index (κ2) is 11.0. The fraction of sp³-hybridized carbons (Fsp3) is 0. The van der Waals surface area contributed by atoms with Crippen molar-refractivity contribution in [2.45, 2.75) is 4.90 Å². The molecule has 0 atom stereocenters. The lowest BCUT2D eigenvalue weighted by Gasteiger charge is -2.33. The second-order valence-corrected chi connectivity index (χ2v) is 15.2. The molecule has 0 N–H and O–H groups in total. The molecule has 0 bridgehead atoms. The normalized spacial score (nSPS) is 12.9. The van der Waals surface area contributed by atoms with Crippen molar-refractivity contribution in [2.75, 3.05) is 0 Å². The van der Waals surface area contributed by atoms with Crippen molar-refractivity contribution in [3.63, 3.8) is 0 Å². The first-order valence-electron chi connectivity index (χ1n) is 18.1. The van der Waals surface area contributed by atoms with Gasteiger partial charge in [0.05, 0.1) is 22.1 Å². The highest BCUT2D eigenvalue weighted by Crippen LogP contribution is 2.45. The summed E-state index contributed by atoms with van der Waals surface area (Å²) in [6.07, 6.45) is 0. The number of aromatic nitrogens is 2. The molecular formula is C48H29BN2OS. The van der Waals surface area contributed by atoms with Gasteiger partial charge in [-0.1, -0.05) is 109 Å². The smallest absolute Gasteiger partial charge is 0.289 e. The molecule has 12 rings (SSSR count). The maximum absolute atomic E-state index is 7.05. The highest BCUT2D eigenvalue weighted by atomic mass is 32.2. The Balaban J connectivity index is 1.04. The molecule has 2 aromatic heterocycles. The van der Waals surface area contributed by atoms with Crippen LogP contribution >= 0.6 is 11.6 Å². The van der Waals surface area contributed by atoms with Gasteiger partial charge in [0, 0.05) is 43.9 Å². The van der Waals surface area contributed by atoms with Crippen LogP contribution < -0.4 is 15.7 Å². The Morgan fingerprint density at radius 3 is 1.62 bits per heavy atom. The Morgan fingerprint density at radius 1 is 0.415 bits per heavy atom. The van der Waals surface area contributed by atoms with E-state index in [9.17, 15) is 0 Å². The fourth-order valence-corrected chi connectivity index (χ4v) is 10.3. The van der Waals surface area contributed by atoms with Crippen LogP contribution in [0.3, 0.4) is 0 Å². The summed E-state index contributed by atoms with van der Waals surface area (Å²) in [5.74, 6) is 1.97. The van der Waals surface area contributed by atoms with Gasteiger partial charge in [-0.25, -0.2) is 0 Å². The molecule has 10 aromatic rings. The van der Waals surface area contributed by atoms with Gasteiger partial charge in [-0.2, -0.15) is 11.6 Å². The van der Waals surface area contributed by atoms with Gasteiger partial charge in [0.1, 0.15) is 11.5 Å². The molecular weight excluding hydrogens is 663 g/mol. The lowest BCUT2D eigenvalue weighted by atomic mass is 9.57. The van der Waals surface area contributed by atoms with Gasteiger partial charge in [0.2, 0.25) is 0 Å². The minimum absolute atomic E-state index is 0.129. The van der Waals surface area contributed by atoms with E-state index >= 15 is 0 Å². The standard InChI is InChI=1S/C48H29BN2OS/c1-6-19-41-34(14-1)35-15-2-7-20-42(35)50(41)32-13-11-12-30(26-32)31-27-39-38-18-5-10-23-47(38)53-49-40-25-24-33(29-45(40)52-46(28-31)48(39)49)51-43-21-8-3-16-36(43)37-17-4-9-22-44(37)51/h1-29H. The van der Waals surface area contributed by atoms with E-state index in [1.807, 2.05) is 11.6 Å². The summed E-state index contributed by atoms with van der Waals surface area (Å²) >= 11 is 1.93. The van der Waals surface area contributed by atoms with Crippen LogP contribution in [-0.4, -0.2) is 15.1 Å². The fourth-order valence-electron chi connectivity index (χ4n) is 8.88. The van der Waals surface area contributed by atoms with E-state index in [4.69, 9.17) is 4.74 Å². The van der Waals surface area contributed by atoms with Gasteiger partial charge in [-0.3, -0.25) is 0 Å². The molecule has 2 aliphatic heterocycles. The lowest BCUT2D eigenvalue weighted by Crippen LogP contribution is -2.46. The zero-order valence-electron chi connectivity index (χ0n) is 28.5. The van der Waals surface area contributed by atoms with Gasteiger partial charge < -0.3 is 13.9 Å². The van der Waals surface area contributed by atoms with E-state index < -0.39 is 0 Å². The predicted molar refractivity (Wildman–Crippen MR) is 223 cm³/mol. The monoisotopic (exact) mass is 692 g/mol. The molecule has 0 fully saturated rings. The molecule has 0 amide bonds. The lowest BCUT2D eigenvalue weighted by molar-refractivity contribution is 0.488. The minimum Gasteiger partial charge on any atom is -0.458 e. The summed E-state index contributed by atoms with van der Waals surface area (Å²) in [5, 5.41) is 5.03. The van der Waals surface area contributed by atoms with E-state index in [0.29, 0.717) is 0 Å². The molecule has 3 nitrogen and oxygen atoms in total. The largest absolute Gasteiger partial charge is 0.458 e. The summed E-state index contributed by atoms with van der Waals surface area (Å²) in [7, 11) is 0. The minimum atomic E-state index is 0.129. The van der Waals surface area contributed by atoms with E-state index in [1.165, 1.54) is 70.6 Å². The molecule has 0 unspecified atom stereocenters. The number of para-hydroxylation sites is 4. The number of nitrogens with zero attached hydrogens (tertiary/aromatic N) is 2. The van der Waals surface area contributed by atoms with Gasteiger partial charge in [0.15, 0.2) is 0 Å². The molecule has 0 radical (unpaired) electrons. The quantitative estimate of drug-likeness (QED) is 0.172. The molecule has 0 saturated carbocycles. The topological polar surface area (TPSA) is 19.1 Å². The summed E-state index contributed by atoms with van der Waals surface area (Å²) in [6.45, 7) is 0. The van der Waals surface area contributed by atoms with Crippen LogP contribution in [0.25, 0.3) is 77.2 Å². The zero-order chi connectivity index (χ0) is 34.6. The number of hydrogen-bond acceptors (Lipinski definition) is 2. The second-order valence-electron chi connectivity index (χ2n) is 14.0. The summed E-state index contributed by atoms with van der Waals surface area (Å²) in [4.78, 5) is 1.30. The van der Waals surface area contributed by atoms with E-state index in [-0.39, 0.29) is 5.99 Å². The zero-order valence-corrected chi connectivity index (χ0v) is 29.3. The number of rotatable bonds is 3. The predicted octanol–water partition coefficient (Wildman–Crippen LogP) is 11.5. The van der Waals surface area contributed by atoms with Crippen molar-refractivity contribution < 1.29 is 4.74 Å². The van der Waals surface area contributed by atoms with Crippen LogP contribution in [0.1, 0.15) is 0 Å². The third-order valence-electron chi connectivity index (χ3n) is 11.2. The van der Waals surface area contributed by atoms with Crippen molar-refractivity contribution >= 4 is 72.1 Å². The van der Waals surface area contributed by atoms with E-state index in [0.717, 1.165) is 34.0 Å². The SMILES string of the molecule is c1cc(-c2cc3c4c(c2)-c2ccccc2SB4c2ccc(-n4c5ccccc5c5ccccc54)cc2O3)cc(-n2c3ccccc3c3ccccc32)c1. The van der Waals surface area contributed by atoms with Crippen LogP contribution in [0.5, 0.6) is 11.5 Å². The molecule has 0 aliphatic carbocycles. The summed E-state index contributed by atoms with van der Waals surface area (Å²) in [6, 6.07) is 64.0. The molecule has 246 valence electrons. The molecule has 5 heteroatoms. The van der Waals surface area contributed by atoms with Crippen LogP contribution in [0, 0.1) is 0 Å². The average molecular weight is 693 g/mol. The van der Waals surface area contributed by atoms with Gasteiger partial charge in [-0.05, 0) is 93.8 Å². The number of ether oxygens (including phenoxy) is 1. The molecule has 53 heavy (non-hydrogen) atoms. The Morgan fingerprint density at radius 2 is 0.981 bits per heavy atom. The summed E-state index contributed by atoms with van der Waals surface area (Å²) in [5.41, 5.74) is 14.3. The van der Waals surface area contributed by atoms with E-state index in [1.54, 1.807) is 0 Å². The Bertz CT molecular complexity index is 3050. The first kappa shape index (κ1) is 29.2. The van der Waals surface area contributed by atoms with Crippen LogP contribution in [0.4, 0.5) is 0 Å². The Kier molecular flexibility index (Phi) is 6.08. The highest BCUT2D eigenvalue weighted by Gasteiger charge is 2.39. The number of fused-ring (bicyclic) bond motifs is 10. The molecule has 0 spiro atoms. The van der Waals surface area contributed by atoms with Crippen molar-refractivity contribution in [1.29, 1.82) is 0 Å². The van der Waals surface area contributed by atoms with Crippen molar-refractivity contribution in [2.24, 2.45) is 0 Å². The molecule has 8 aromatic carbocycles. The van der Waals surface area contributed by atoms with Crippen molar-refractivity contribution in [3.05, 3.63) is 176 Å². The maximum Gasteiger partial charge on any atom is 0.289 e. The number of hydrogen-bond donors (Lipinski definition) is 0. The van der Waals surface area contributed by atoms with Crippen LogP contribution in [0.15, 0.2) is 181 Å². The molecule has 0 saturated heterocycles. The van der Waals surface area contributed by atoms with E-state index in [2.05, 4.69) is 185 Å². The van der Waals surface area contributed by atoms with Crippen LogP contribution in [-0.2, 0) is 0 Å². The third-order valence-corrected chi connectivity index (χ3v) is 12.5. The Hall–Kier alpha value is -6.43. The van der Waals surface area contributed by atoms with Gasteiger partial charge >= 0.3 is 0 Å². The molecule has 2 aliphatic rings. The maximum atomic E-state index is 7.05. The first-order chi connectivity index (χ1) is 26.3. The third kappa shape index (κ3) is 4.20. The highest BCUT2D eigenvalue weighted by molar-refractivity contribution is 8.28. The molecule has 4 heterocycles. The van der Waals surface area contributed by atoms with Crippen molar-refractivity contribution in [1.82, 2.24) is 9.13 Å². The summed E-state index contributed by atoms with van der Waals surface area (Å²) < 4.78 is 11.8. The van der Waals surface area contributed by atoms with Crippen LogP contribution in [0.2, 0.25) is 0 Å². The first-order valence-corrected chi connectivity index (χ1v) is 19.0. The van der Waals surface area contributed by atoms with Gasteiger partial charge in [0.25, 0.3) is 5.99 Å². The average Bonchev–Trinajstić information content (AvgIpc) is 3.74.